The molecule has 1 heterocycles. The number of thioether (sulfide) groups is 1. The molecule has 3 rings (SSSR count). The molecule has 0 aliphatic heterocycles. The molecule has 0 bridgehead atoms. The maximum Gasteiger partial charge on any atom is 0.279 e. The average molecular weight is 433 g/mol. The smallest absolute Gasteiger partial charge is 0.279 e. The number of carbonyl (C=O) groups is 1. The molecule has 0 aliphatic rings. The Morgan fingerprint density at radius 3 is 2.38 bits per heavy atom. The summed E-state index contributed by atoms with van der Waals surface area (Å²) in [4.78, 5) is 19.0. The molecule has 0 aliphatic carbocycles. The first-order valence-corrected chi connectivity index (χ1v) is 11.0. The molecule has 0 fully saturated rings. The maximum atomic E-state index is 12.8. The summed E-state index contributed by atoms with van der Waals surface area (Å²) in [5.41, 5.74) is 1.40. The number of methoxy groups -OCH3 is 3. The minimum absolute atomic E-state index is 0.284. The summed E-state index contributed by atoms with van der Waals surface area (Å²) >= 11 is 3.14. The van der Waals surface area contributed by atoms with Crippen LogP contribution in [0.3, 0.4) is 0 Å². The number of carbonyl (C=O) groups excluding carboxylic acids is 1. The molecule has 0 spiro atoms. The lowest BCUT2D eigenvalue weighted by Gasteiger charge is -2.09. The fraction of sp³-hybridized carbons (Fsp3) is 0.333. The summed E-state index contributed by atoms with van der Waals surface area (Å²) in [6, 6.07) is 11.2. The third-order valence-corrected chi connectivity index (χ3v) is 6.31. The molecule has 8 heteroatoms. The second-order valence-corrected chi connectivity index (χ2v) is 8.37. The van der Waals surface area contributed by atoms with Gasteiger partial charge in [0.15, 0.2) is 4.80 Å². The maximum absolute atomic E-state index is 12.8. The minimum Gasteiger partial charge on any atom is -0.495 e. The van der Waals surface area contributed by atoms with Crippen molar-refractivity contribution < 1.29 is 19.0 Å². The Bertz CT molecular complexity index is 1050. The van der Waals surface area contributed by atoms with E-state index in [4.69, 9.17) is 14.2 Å². The van der Waals surface area contributed by atoms with Crippen LogP contribution in [0, 0.1) is 0 Å². The molecule has 154 valence electrons. The quantitative estimate of drug-likeness (QED) is 0.499. The number of hydrogen-bond donors (Lipinski definition) is 0. The third kappa shape index (κ3) is 4.66. The monoisotopic (exact) mass is 432 g/mol. The molecule has 6 nitrogen and oxygen atoms in total. The summed E-state index contributed by atoms with van der Waals surface area (Å²) in [6.45, 7) is 3.12. The first-order valence-electron chi connectivity index (χ1n) is 9.18. The summed E-state index contributed by atoms with van der Waals surface area (Å²) in [5, 5.41) is 0. The number of rotatable bonds is 8. The van der Waals surface area contributed by atoms with Crippen molar-refractivity contribution in [2.24, 2.45) is 4.99 Å². The molecule has 0 N–H and O–H groups in total. The Balaban J connectivity index is 2.12. The Morgan fingerprint density at radius 2 is 1.76 bits per heavy atom. The van der Waals surface area contributed by atoms with Gasteiger partial charge in [-0.3, -0.25) is 4.79 Å². The molecule has 0 radical (unpaired) electrons. The number of ether oxygens (including phenoxy) is 3. The summed E-state index contributed by atoms with van der Waals surface area (Å²) in [6.07, 6.45) is 0. The molecule has 29 heavy (non-hydrogen) atoms. The van der Waals surface area contributed by atoms with E-state index < -0.39 is 0 Å². The van der Waals surface area contributed by atoms with Gasteiger partial charge in [-0.05, 0) is 42.2 Å². The second-order valence-electron chi connectivity index (χ2n) is 6.05. The van der Waals surface area contributed by atoms with Crippen LogP contribution in [0.15, 0.2) is 46.3 Å². The fourth-order valence-electron chi connectivity index (χ4n) is 2.94. The average Bonchev–Trinajstić information content (AvgIpc) is 3.10. The predicted octanol–water partition coefficient (Wildman–Crippen LogP) is 4.22. The summed E-state index contributed by atoms with van der Waals surface area (Å²) < 4.78 is 19.1. The third-order valence-electron chi connectivity index (χ3n) is 4.32. The van der Waals surface area contributed by atoms with E-state index in [1.165, 1.54) is 11.3 Å². The van der Waals surface area contributed by atoms with Crippen LogP contribution in [-0.4, -0.2) is 44.2 Å². The minimum atomic E-state index is -0.284. The lowest BCUT2D eigenvalue weighted by Crippen LogP contribution is -2.19. The van der Waals surface area contributed by atoms with E-state index in [0.717, 1.165) is 20.9 Å². The second kappa shape index (κ2) is 9.96. The number of fused-ring (bicyclic) bond motifs is 1. The van der Waals surface area contributed by atoms with Crippen molar-refractivity contribution in [2.45, 2.75) is 18.4 Å². The van der Waals surface area contributed by atoms with E-state index in [0.29, 0.717) is 35.0 Å². The summed E-state index contributed by atoms with van der Waals surface area (Å²) in [5.74, 6) is 2.12. The van der Waals surface area contributed by atoms with Gasteiger partial charge in [-0.1, -0.05) is 18.3 Å². The van der Waals surface area contributed by atoms with Crippen molar-refractivity contribution in [3.63, 3.8) is 0 Å². The van der Waals surface area contributed by atoms with Crippen LogP contribution in [0.1, 0.15) is 17.3 Å². The number of aromatic nitrogens is 1. The number of hydrogen-bond acceptors (Lipinski definition) is 6. The van der Waals surface area contributed by atoms with Gasteiger partial charge in [-0.15, -0.1) is 11.8 Å². The van der Waals surface area contributed by atoms with Gasteiger partial charge in [-0.25, -0.2) is 0 Å². The lowest BCUT2D eigenvalue weighted by atomic mass is 10.2. The van der Waals surface area contributed by atoms with Gasteiger partial charge in [0.25, 0.3) is 5.91 Å². The van der Waals surface area contributed by atoms with E-state index in [9.17, 15) is 4.79 Å². The number of amides is 1. The Kier molecular flexibility index (Phi) is 7.35. The number of thiazole rings is 1. The summed E-state index contributed by atoms with van der Waals surface area (Å²) in [7, 11) is 4.89. The first-order chi connectivity index (χ1) is 14.1. The normalized spacial score (nSPS) is 11.8. The Hall–Kier alpha value is -2.29. The number of benzene rings is 2. The topological polar surface area (TPSA) is 62.0 Å². The molecule has 0 saturated heterocycles. The van der Waals surface area contributed by atoms with Gasteiger partial charge < -0.3 is 18.8 Å². The van der Waals surface area contributed by atoms with Crippen LogP contribution in [0.25, 0.3) is 10.2 Å². The zero-order chi connectivity index (χ0) is 20.8. The molecule has 2 aromatic carbocycles. The molecular weight excluding hydrogens is 408 g/mol. The zero-order valence-electron chi connectivity index (χ0n) is 16.9. The number of nitrogens with zero attached hydrogens (tertiary/aromatic N) is 2. The first kappa shape index (κ1) is 21.4. The van der Waals surface area contributed by atoms with Gasteiger partial charge in [0.05, 0.1) is 20.8 Å². The molecule has 0 unspecified atom stereocenters. The van der Waals surface area contributed by atoms with Crippen LogP contribution in [0.5, 0.6) is 11.5 Å². The largest absolute Gasteiger partial charge is 0.495 e. The SMILES string of the molecule is CCSc1ccc(C(=O)N=c2sc3c(OC)ccc(OC)c3n2CCOC)cc1. The van der Waals surface area contributed by atoms with Crippen molar-refractivity contribution in [1.82, 2.24) is 4.57 Å². The molecule has 1 aromatic heterocycles. The van der Waals surface area contributed by atoms with Gasteiger partial charge in [0.2, 0.25) is 0 Å². The van der Waals surface area contributed by atoms with E-state index in [-0.39, 0.29) is 5.91 Å². The van der Waals surface area contributed by atoms with Gasteiger partial charge in [0, 0.05) is 24.1 Å². The van der Waals surface area contributed by atoms with Gasteiger partial charge in [0.1, 0.15) is 21.7 Å². The molecule has 1 amide bonds. The molecule has 0 atom stereocenters. The van der Waals surface area contributed by atoms with Crippen molar-refractivity contribution in [2.75, 3.05) is 33.7 Å². The van der Waals surface area contributed by atoms with Gasteiger partial charge in [-0.2, -0.15) is 4.99 Å². The van der Waals surface area contributed by atoms with E-state index >= 15 is 0 Å². The lowest BCUT2D eigenvalue weighted by molar-refractivity contribution is 0.0997. The van der Waals surface area contributed by atoms with Crippen LogP contribution in [-0.2, 0) is 11.3 Å². The van der Waals surface area contributed by atoms with Gasteiger partial charge >= 0.3 is 0 Å². The zero-order valence-corrected chi connectivity index (χ0v) is 18.6. The highest BCUT2D eigenvalue weighted by Gasteiger charge is 2.16. The highest BCUT2D eigenvalue weighted by atomic mass is 32.2. The van der Waals surface area contributed by atoms with E-state index in [1.807, 2.05) is 41.0 Å². The van der Waals surface area contributed by atoms with E-state index in [2.05, 4.69) is 11.9 Å². The standard InChI is InChI=1S/C21H24N2O4S2/c1-5-28-15-8-6-14(7-9-15)20(24)22-21-23(12-13-25-2)18-16(26-3)10-11-17(27-4)19(18)29-21/h6-11H,5,12-13H2,1-4H3. The molecular formula is C21H24N2O4S2. The van der Waals surface area contributed by atoms with Crippen LogP contribution < -0.4 is 14.3 Å². The fourth-order valence-corrected chi connectivity index (χ4v) is 4.77. The van der Waals surface area contributed by atoms with Crippen molar-refractivity contribution in [1.29, 1.82) is 0 Å². The van der Waals surface area contributed by atoms with Crippen LogP contribution >= 0.6 is 23.1 Å². The molecule has 0 saturated carbocycles. The van der Waals surface area contributed by atoms with Crippen LogP contribution in [0.4, 0.5) is 0 Å². The van der Waals surface area contributed by atoms with E-state index in [1.54, 1.807) is 33.1 Å². The highest BCUT2D eigenvalue weighted by Crippen LogP contribution is 2.35. The Labute approximate surface area is 178 Å². The van der Waals surface area contributed by atoms with Crippen molar-refractivity contribution in [3.8, 4) is 11.5 Å². The highest BCUT2D eigenvalue weighted by molar-refractivity contribution is 7.99. The Morgan fingerprint density at radius 1 is 1.07 bits per heavy atom. The predicted molar refractivity (Wildman–Crippen MR) is 118 cm³/mol. The van der Waals surface area contributed by atoms with Crippen LogP contribution in [0.2, 0.25) is 0 Å². The molecule has 3 aromatic rings. The van der Waals surface area contributed by atoms with Crippen molar-refractivity contribution >= 4 is 39.2 Å². The van der Waals surface area contributed by atoms with Crippen molar-refractivity contribution in [3.05, 3.63) is 46.8 Å².